The molecule has 6 rings (SSSR count). The van der Waals surface area contributed by atoms with Crippen LogP contribution in [0.5, 0.6) is 0 Å². The molecule has 1 saturated carbocycles. The smallest absolute Gasteiger partial charge is 0.230 e. The summed E-state index contributed by atoms with van der Waals surface area (Å²) in [7, 11) is 0. The second-order valence-corrected chi connectivity index (χ2v) is 9.36. The van der Waals surface area contributed by atoms with Crippen molar-refractivity contribution in [2.24, 2.45) is 0 Å². The van der Waals surface area contributed by atoms with E-state index >= 15 is 0 Å². The Kier molecular flexibility index (Phi) is 4.82. The summed E-state index contributed by atoms with van der Waals surface area (Å²) in [6.07, 6.45) is 10.6. The summed E-state index contributed by atoms with van der Waals surface area (Å²) in [5.74, 6) is 4.40. The van der Waals surface area contributed by atoms with Crippen LogP contribution in [-0.4, -0.2) is 54.3 Å². The van der Waals surface area contributed by atoms with Gasteiger partial charge in [-0.1, -0.05) is 12.8 Å². The second-order valence-electron chi connectivity index (χ2n) is 8.13. The zero-order valence-electron chi connectivity index (χ0n) is 17.2. The molecule has 0 spiro atoms. The molecule has 0 aromatic carbocycles. The van der Waals surface area contributed by atoms with Crippen molar-refractivity contribution >= 4 is 51.3 Å². The van der Waals surface area contributed by atoms with Crippen molar-refractivity contribution in [2.75, 3.05) is 34.8 Å². The number of pyridine rings is 1. The molecule has 1 N–H and O–H groups in total. The maximum atomic E-state index is 4.90. The molecule has 9 heteroatoms. The van der Waals surface area contributed by atoms with Crippen LogP contribution in [0.1, 0.15) is 31.7 Å². The number of anilines is 3. The van der Waals surface area contributed by atoms with Gasteiger partial charge >= 0.3 is 0 Å². The third-order valence-electron chi connectivity index (χ3n) is 6.26. The predicted molar refractivity (Wildman–Crippen MR) is 125 cm³/mol. The summed E-state index contributed by atoms with van der Waals surface area (Å²) in [6, 6.07) is 6.50. The van der Waals surface area contributed by atoms with Crippen molar-refractivity contribution in [3.8, 4) is 0 Å². The van der Waals surface area contributed by atoms with Crippen LogP contribution < -0.4 is 10.2 Å². The van der Waals surface area contributed by atoms with Crippen molar-refractivity contribution in [1.82, 2.24) is 29.7 Å². The van der Waals surface area contributed by atoms with E-state index in [2.05, 4.69) is 41.0 Å². The lowest BCUT2D eigenvalue weighted by molar-refractivity contribution is 0.546. The van der Waals surface area contributed by atoms with Crippen LogP contribution in [0.2, 0.25) is 0 Å². The zero-order valence-corrected chi connectivity index (χ0v) is 18.1. The molecule has 8 nitrogen and oxygen atoms in total. The van der Waals surface area contributed by atoms with E-state index in [-0.39, 0.29) is 0 Å². The zero-order chi connectivity index (χ0) is 20.6. The minimum atomic E-state index is 0.466. The van der Waals surface area contributed by atoms with Crippen molar-refractivity contribution < 1.29 is 0 Å². The van der Waals surface area contributed by atoms with Gasteiger partial charge in [0.05, 0.1) is 11.7 Å². The maximum Gasteiger partial charge on any atom is 0.230 e. The summed E-state index contributed by atoms with van der Waals surface area (Å²) in [4.78, 5) is 16.1. The highest BCUT2D eigenvalue weighted by atomic mass is 32.2. The Labute approximate surface area is 184 Å². The predicted octanol–water partition coefficient (Wildman–Crippen LogP) is 4.18. The first-order chi connectivity index (χ1) is 15.4. The van der Waals surface area contributed by atoms with E-state index in [4.69, 9.17) is 4.98 Å². The third kappa shape index (κ3) is 3.46. The summed E-state index contributed by atoms with van der Waals surface area (Å²) in [6.45, 7) is 2.04. The number of rotatable bonds is 4. The van der Waals surface area contributed by atoms with E-state index in [1.54, 1.807) is 0 Å². The molecule has 0 atom stereocenters. The van der Waals surface area contributed by atoms with E-state index in [0.717, 1.165) is 52.3 Å². The van der Waals surface area contributed by atoms with Gasteiger partial charge in [0, 0.05) is 53.8 Å². The molecule has 4 aromatic rings. The Hall–Kier alpha value is -2.94. The first-order valence-corrected chi connectivity index (χ1v) is 12.1. The number of aromatic nitrogens is 6. The topological polar surface area (TPSA) is 84.7 Å². The van der Waals surface area contributed by atoms with Crippen LogP contribution in [0.3, 0.4) is 0 Å². The fourth-order valence-electron chi connectivity index (χ4n) is 4.73. The molecular weight excluding hydrogens is 408 g/mol. The number of hydrogen-bond donors (Lipinski definition) is 1. The van der Waals surface area contributed by atoms with Crippen LogP contribution in [0.15, 0.2) is 36.8 Å². The summed E-state index contributed by atoms with van der Waals surface area (Å²) >= 11 is 1.99. The van der Waals surface area contributed by atoms with E-state index in [0.29, 0.717) is 17.8 Å². The minimum Gasteiger partial charge on any atom is -0.353 e. The van der Waals surface area contributed by atoms with Crippen molar-refractivity contribution in [1.29, 1.82) is 0 Å². The highest BCUT2D eigenvalue weighted by Gasteiger charge is 2.23. The van der Waals surface area contributed by atoms with Crippen molar-refractivity contribution in [3.05, 3.63) is 36.8 Å². The average Bonchev–Trinajstić information content (AvgIpc) is 3.46. The Morgan fingerprint density at radius 2 is 1.84 bits per heavy atom. The number of nitrogens with zero attached hydrogens (tertiary/aromatic N) is 7. The van der Waals surface area contributed by atoms with Gasteiger partial charge in [-0.05, 0) is 31.0 Å². The third-order valence-corrected chi connectivity index (χ3v) is 7.20. The molecule has 1 saturated heterocycles. The van der Waals surface area contributed by atoms with Gasteiger partial charge in [-0.2, -0.15) is 16.7 Å². The lowest BCUT2D eigenvalue weighted by Gasteiger charge is -2.26. The molecule has 4 aromatic heterocycles. The van der Waals surface area contributed by atoms with Gasteiger partial charge < -0.3 is 14.8 Å². The summed E-state index contributed by atoms with van der Waals surface area (Å²) in [5.41, 5.74) is 2.10. The number of hydrogen-bond acceptors (Lipinski definition) is 8. The van der Waals surface area contributed by atoms with Crippen LogP contribution in [0.4, 0.5) is 17.6 Å². The van der Waals surface area contributed by atoms with Crippen LogP contribution in [0, 0.1) is 0 Å². The fraction of sp³-hybridized carbons (Fsp3) is 0.409. The maximum absolute atomic E-state index is 4.90. The molecule has 158 valence electrons. The van der Waals surface area contributed by atoms with E-state index in [9.17, 15) is 0 Å². The van der Waals surface area contributed by atoms with Crippen LogP contribution in [0.25, 0.3) is 21.9 Å². The Morgan fingerprint density at radius 3 is 2.65 bits per heavy atom. The van der Waals surface area contributed by atoms with E-state index < -0.39 is 0 Å². The number of thioether (sulfide) groups is 1. The monoisotopic (exact) mass is 432 g/mol. The molecule has 2 aliphatic rings. The standard InChI is InChI=1S/C22H24N8S/c1-2-4-15(3-1)30-18-14-23-8-7-16(18)17-13-24-22(26-21(17)30)25-19-5-6-20(28-27-19)29-9-11-31-12-10-29/h5-8,13-15H,1-4,9-12H2,(H,24,25,26,27). The van der Waals surface area contributed by atoms with Gasteiger partial charge in [0.25, 0.3) is 0 Å². The van der Waals surface area contributed by atoms with Gasteiger partial charge in [-0.25, -0.2) is 4.98 Å². The SMILES string of the molecule is c1cc2c3cnc(Nc4ccc(N5CCSCC5)nn4)nc3n(C3CCCC3)c2cn1. The molecule has 5 heterocycles. The van der Waals surface area contributed by atoms with Gasteiger partial charge in [0.1, 0.15) is 5.65 Å². The average molecular weight is 433 g/mol. The molecular formula is C22H24N8S. The number of fused-ring (bicyclic) bond motifs is 3. The quantitative estimate of drug-likeness (QED) is 0.514. The Bertz CT molecular complexity index is 1210. The molecule has 1 aliphatic heterocycles. The van der Waals surface area contributed by atoms with Crippen molar-refractivity contribution in [2.45, 2.75) is 31.7 Å². The summed E-state index contributed by atoms with van der Waals surface area (Å²) < 4.78 is 2.36. The van der Waals surface area contributed by atoms with Crippen LogP contribution in [-0.2, 0) is 0 Å². The highest BCUT2D eigenvalue weighted by molar-refractivity contribution is 7.99. The molecule has 0 amide bonds. The van der Waals surface area contributed by atoms with Gasteiger partial charge in [0.2, 0.25) is 5.95 Å². The van der Waals surface area contributed by atoms with Crippen molar-refractivity contribution in [3.63, 3.8) is 0 Å². The molecule has 2 fully saturated rings. The van der Waals surface area contributed by atoms with Gasteiger partial charge in [0.15, 0.2) is 11.6 Å². The lowest BCUT2D eigenvalue weighted by Crippen LogP contribution is -2.33. The largest absolute Gasteiger partial charge is 0.353 e. The van der Waals surface area contributed by atoms with E-state index in [1.165, 1.54) is 25.7 Å². The Balaban J connectivity index is 1.33. The molecule has 31 heavy (non-hydrogen) atoms. The molecule has 1 aliphatic carbocycles. The second kappa shape index (κ2) is 7.96. The fourth-order valence-corrected chi connectivity index (χ4v) is 5.63. The van der Waals surface area contributed by atoms with Gasteiger partial charge in [-0.15, -0.1) is 10.2 Å². The minimum absolute atomic E-state index is 0.466. The molecule has 0 radical (unpaired) electrons. The molecule has 0 bridgehead atoms. The number of nitrogens with one attached hydrogen (secondary N) is 1. The molecule has 0 unspecified atom stereocenters. The van der Waals surface area contributed by atoms with Gasteiger partial charge in [-0.3, -0.25) is 4.98 Å². The first-order valence-electron chi connectivity index (χ1n) is 10.9. The lowest BCUT2D eigenvalue weighted by atomic mass is 10.2. The Morgan fingerprint density at radius 1 is 0.968 bits per heavy atom. The summed E-state index contributed by atoms with van der Waals surface area (Å²) in [5, 5.41) is 14.2. The van der Waals surface area contributed by atoms with Crippen LogP contribution >= 0.6 is 11.8 Å². The highest BCUT2D eigenvalue weighted by Crippen LogP contribution is 2.37. The first kappa shape index (κ1) is 18.8. The van der Waals surface area contributed by atoms with E-state index in [1.807, 2.05) is 42.5 Å². The normalized spacial score (nSPS) is 17.6.